The van der Waals surface area contributed by atoms with E-state index < -0.39 is 0 Å². The van der Waals surface area contributed by atoms with Gasteiger partial charge in [0.15, 0.2) is 0 Å². The Bertz CT molecular complexity index is 430. The summed E-state index contributed by atoms with van der Waals surface area (Å²) < 4.78 is 0. The average molecular weight is 219 g/mol. The molecule has 0 aliphatic heterocycles. The van der Waals surface area contributed by atoms with Crippen molar-refractivity contribution in [2.45, 2.75) is 26.7 Å². The number of hydrogen-bond donors (Lipinski definition) is 1. The van der Waals surface area contributed by atoms with Gasteiger partial charge >= 0.3 is 0 Å². The first-order valence-corrected chi connectivity index (χ1v) is 5.70. The normalized spacial score (nSPS) is 9.44. The van der Waals surface area contributed by atoms with Gasteiger partial charge in [-0.15, -0.1) is 0 Å². The van der Waals surface area contributed by atoms with Crippen molar-refractivity contribution in [3.05, 3.63) is 30.6 Å². The molecule has 0 saturated heterocycles. The number of nitrogens with zero attached hydrogens (tertiary/aromatic N) is 2. The molecular formula is C13H21N3. The van der Waals surface area contributed by atoms with E-state index in [0.717, 1.165) is 16.7 Å². The highest BCUT2D eigenvalue weighted by Gasteiger charge is 1.94. The molecule has 0 aliphatic rings. The van der Waals surface area contributed by atoms with Gasteiger partial charge in [0.25, 0.3) is 0 Å². The Morgan fingerprint density at radius 3 is 2.25 bits per heavy atom. The van der Waals surface area contributed by atoms with Crippen molar-refractivity contribution in [1.29, 1.82) is 0 Å². The van der Waals surface area contributed by atoms with E-state index in [2.05, 4.69) is 29.1 Å². The highest BCUT2D eigenvalue weighted by atomic mass is 14.8. The predicted octanol–water partition coefficient (Wildman–Crippen LogP) is 3.72. The number of anilines is 1. The minimum absolute atomic E-state index is 0. The summed E-state index contributed by atoms with van der Waals surface area (Å²) in [6, 6.07) is 5.91. The van der Waals surface area contributed by atoms with Crippen LogP contribution in [0.1, 0.15) is 28.1 Å². The van der Waals surface area contributed by atoms with Crippen molar-refractivity contribution in [2.24, 2.45) is 0 Å². The van der Waals surface area contributed by atoms with E-state index in [1.807, 2.05) is 25.2 Å². The second kappa shape index (κ2) is 6.77. The van der Waals surface area contributed by atoms with Gasteiger partial charge in [-0.25, -0.2) is 0 Å². The third-order valence-corrected chi connectivity index (χ3v) is 2.26. The van der Waals surface area contributed by atoms with Crippen LogP contribution in [-0.4, -0.2) is 17.0 Å². The van der Waals surface area contributed by atoms with E-state index in [-0.39, 0.29) is 1.43 Å². The van der Waals surface area contributed by atoms with Gasteiger partial charge in [-0.3, -0.25) is 9.97 Å². The lowest BCUT2D eigenvalue weighted by molar-refractivity contribution is 0.886. The lowest BCUT2D eigenvalue weighted by Gasteiger charge is -1.99. The molecular weight excluding hydrogens is 198 g/mol. The third kappa shape index (κ3) is 3.50. The van der Waals surface area contributed by atoms with Crippen LogP contribution in [-0.2, 0) is 0 Å². The maximum absolute atomic E-state index is 4.19. The number of aromatic nitrogens is 2. The number of hydrogen-bond acceptors (Lipinski definition) is 3. The maximum atomic E-state index is 4.19. The van der Waals surface area contributed by atoms with Gasteiger partial charge in [0.1, 0.15) is 0 Å². The van der Waals surface area contributed by atoms with Crippen LogP contribution in [0.3, 0.4) is 0 Å². The summed E-state index contributed by atoms with van der Waals surface area (Å²) in [5.74, 6) is 0. The average Bonchev–Trinajstić information content (AvgIpc) is 2.38. The fraction of sp³-hybridized carbons (Fsp3) is 0.385. The van der Waals surface area contributed by atoms with Crippen LogP contribution in [0, 0.1) is 0 Å². The molecule has 1 aromatic heterocycles. The summed E-state index contributed by atoms with van der Waals surface area (Å²) >= 11 is 0. The molecule has 0 unspecified atom stereocenters. The molecule has 88 valence electrons. The number of fused-ring (bicyclic) bond motifs is 1. The van der Waals surface area contributed by atoms with Crippen molar-refractivity contribution in [1.82, 2.24) is 9.97 Å². The van der Waals surface area contributed by atoms with Crippen molar-refractivity contribution in [3.8, 4) is 0 Å². The SMILES string of the molecule is CCCC.CNc1ccc2nccnc2c1.[HH]. The van der Waals surface area contributed by atoms with Crippen LogP contribution < -0.4 is 5.32 Å². The van der Waals surface area contributed by atoms with Crippen LogP contribution in [0.4, 0.5) is 5.69 Å². The van der Waals surface area contributed by atoms with E-state index in [1.165, 1.54) is 12.8 Å². The predicted molar refractivity (Wildman–Crippen MR) is 71.8 cm³/mol. The van der Waals surface area contributed by atoms with Gasteiger partial charge in [0, 0.05) is 26.6 Å². The summed E-state index contributed by atoms with van der Waals surface area (Å²) in [6.07, 6.45) is 6.03. The standard InChI is InChI=1S/C9H9N3.C4H10.H2/c1-10-7-2-3-8-9(6-7)12-5-4-11-8;1-3-4-2;/h2-6,10H,1H3;3-4H2,1-2H3;1H. The molecule has 0 aliphatic carbocycles. The lowest BCUT2D eigenvalue weighted by atomic mass is 10.2. The lowest BCUT2D eigenvalue weighted by Crippen LogP contribution is -1.88. The minimum Gasteiger partial charge on any atom is -0.388 e. The molecule has 2 rings (SSSR count). The summed E-state index contributed by atoms with van der Waals surface area (Å²) in [6.45, 7) is 4.36. The first-order chi connectivity index (χ1) is 7.81. The largest absolute Gasteiger partial charge is 0.388 e. The van der Waals surface area contributed by atoms with Crippen molar-refractivity contribution < 1.29 is 1.43 Å². The molecule has 1 aromatic carbocycles. The molecule has 0 radical (unpaired) electrons. The topological polar surface area (TPSA) is 37.8 Å². The third-order valence-electron chi connectivity index (χ3n) is 2.26. The minimum atomic E-state index is 0. The van der Waals surface area contributed by atoms with Gasteiger partial charge in [-0.1, -0.05) is 26.7 Å². The molecule has 0 bridgehead atoms. The van der Waals surface area contributed by atoms with Crippen LogP contribution in [0.25, 0.3) is 11.0 Å². The molecule has 16 heavy (non-hydrogen) atoms. The number of unbranched alkanes of at least 4 members (excludes halogenated alkanes) is 1. The first kappa shape index (κ1) is 12.4. The summed E-state index contributed by atoms with van der Waals surface area (Å²) in [4.78, 5) is 8.35. The highest BCUT2D eigenvalue weighted by molar-refractivity contribution is 5.77. The molecule has 3 heteroatoms. The second-order valence-electron chi connectivity index (χ2n) is 3.51. The van der Waals surface area contributed by atoms with Crippen LogP contribution >= 0.6 is 0 Å². The Kier molecular flexibility index (Phi) is 5.26. The molecule has 1 N–H and O–H groups in total. The van der Waals surface area contributed by atoms with E-state index in [0.29, 0.717) is 0 Å². The molecule has 0 saturated carbocycles. The molecule has 1 heterocycles. The summed E-state index contributed by atoms with van der Waals surface area (Å²) in [5, 5.41) is 3.05. The Morgan fingerprint density at radius 2 is 1.69 bits per heavy atom. The van der Waals surface area contributed by atoms with E-state index in [9.17, 15) is 0 Å². The number of nitrogens with one attached hydrogen (secondary N) is 1. The monoisotopic (exact) mass is 219 g/mol. The zero-order valence-corrected chi connectivity index (χ0v) is 10.2. The quantitative estimate of drug-likeness (QED) is 0.836. The zero-order chi connectivity index (χ0) is 11.8. The summed E-state index contributed by atoms with van der Waals surface area (Å²) in [7, 11) is 1.89. The molecule has 0 fully saturated rings. The van der Waals surface area contributed by atoms with Gasteiger partial charge in [0.2, 0.25) is 0 Å². The van der Waals surface area contributed by atoms with Crippen LogP contribution in [0.15, 0.2) is 30.6 Å². The molecule has 2 aromatic rings. The van der Waals surface area contributed by atoms with Gasteiger partial charge in [-0.05, 0) is 18.2 Å². The van der Waals surface area contributed by atoms with Crippen molar-refractivity contribution >= 4 is 16.7 Å². The Labute approximate surface area is 98.4 Å². The molecule has 3 nitrogen and oxygen atoms in total. The number of rotatable bonds is 2. The second-order valence-corrected chi connectivity index (χ2v) is 3.51. The fourth-order valence-electron chi connectivity index (χ4n) is 1.12. The first-order valence-electron chi connectivity index (χ1n) is 5.70. The van der Waals surface area contributed by atoms with Crippen molar-refractivity contribution in [3.63, 3.8) is 0 Å². The molecule has 0 amide bonds. The van der Waals surface area contributed by atoms with Gasteiger partial charge < -0.3 is 5.32 Å². The molecule has 0 atom stereocenters. The van der Waals surface area contributed by atoms with E-state index in [4.69, 9.17) is 0 Å². The maximum Gasteiger partial charge on any atom is 0.0907 e. The van der Waals surface area contributed by atoms with Crippen LogP contribution in [0.5, 0.6) is 0 Å². The van der Waals surface area contributed by atoms with E-state index >= 15 is 0 Å². The molecule has 0 spiro atoms. The highest BCUT2D eigenvalue weighted by Crippen LogP contribution is 2.13. The zero-order valence-electron chi connectivity index (χ0n) is 10.2. The Hall–Kier alpha value is -1.64. The van der Waals surface area contributed by atoms with Gasteiger partial charge in [0.05, 0.1) is 11.0 Å². The Morgan fingerprint density at radius 1 is 1.06 bits per heavy atom. The number of benzene rings is 1. The van der Waals surface area contributed by atoms with Crippen molar-refractivity contribution in [2.75, 3.05) is 12.4 Å². The summed E-state index contributed by atoms with van der Waals surface area (Å²) in [5.41, 5.74) is 2.91. The van der Waals surface area contributed by atoms with E-state index in [1.54, 1.807) is 12.4 Å². The fourth-order valence-corrected chi connectivity index (χ4v) is 1.12. The smallest absolute Gasteiger partial charge is 0.0907 e. The van der Waals surface area contributed by atoms with Crippen LogP contribution in [0.2, 0.25) is 0 Å². The Balaban J connectivity index is 0.000000453. The van der Waals surface area contributed by atoms with Gasteiger partial charge in [-0.2, -0.15) is 0 Å².